The second-order valence-corrected chi connectivity index (χ2v) is 4.37. The molecule has 0 aromatic heterocycles. The van der Waals surface area contributed by atoms with Crippen molar-refractivity contribution in [2.24, 2.45) is 5.16 Å². The summed E-state index contributed by atoms with van der Waals surface area (Å²) >= 11 is 0. The summed E-state index contributed by atoms with van der Waals surface area (Å²) in [6, 6.07) is 4.98. The number of ether oxygens (including phenoxy) is 1. The van der Waals surface area contributed by atoms with E-state index in [0.717, 1.165) is 5.56 Å². The molecule has 0 fully saturated rings. The smallest absolute Gasteiger partial charge is 0.405 e. The molecule has 1 rings (SSSR count). The first-order chi connectivity index (χ1) is 9.73. The lowest BCUT2D eigenvalue weighted by Gasteiger charge is -2.12. The highest BCUT2D eigenvalue weighted by Gasteiger charge is 2.27. The van der Waals surface area contributed by atoms with Crippen LogP contribution in [0.3, 0.4) is 0 Å². The second-order valence-electron chi connectivity index (χ2n) is 4.37. The van der Waals surface area contributed by atoms with Crippen molar-refractivity contribution in [2.75, 3.05) is 13.2 Å². The van der Waals surface area contributed by atoms with Gasteiger partial charge in [0.2, 0.25) is 0 Å². The van der Waals surface area contributed by atoms with Gasteiger partial charge in [-0.15, -0.1) is 0 Å². The fourth-order valence-electron chi connectivity index (χ4n) is 1.49. The first-order valence-electron chi connectivity index (χ1n) is 5.99. The first-order valence-corrected chi connectivity index (χ1v) is 5.99. The van der Waals surface area contributed by atoms with Gasteiger partial charge in [0.15, 0.2) is 6.61 Å². The molecule has 116 valence electrons. The van der Waals surface area contributed by atoms with Crippen molar-refractivity contribution >= 4 is 11.6 Å². The molecule has 1 aromatic carbocycles. The molecule has 5 nitrogen and oxygen atoms in total. The number of hydrogen-bond acceptors (Lipinski definition) is 4. The van der Waals surface area contributed by atoms with Gasteiger partial charge < -0.3 is 15.3 Å². The van der Waals surface area contributed by atoms with E-state index in [1.165, 1.54) is 6.92 Å². The van der Waals surface area contributed by atoms with Crippen LogP contribution < -0.4 is 10.1 Å². The van der Waals surface area contributed by atoms with Crippen LogP contribution in [0.5, 0.6) is 5.75 Å². The third-order valence-corrected chi connectivity index (χ3v) is 2.52. The third kappa shape index (κ3) is 5.72. The van der Waals surface area contributed by atoms with Gasteiger partial charge in [-0.05, 0) is 31.5 Å². The standard InChI is InChI=1S/C13H15F3N2O3/c1-8-3-4-10(9(2)18-20)11(5-8)21-6-12(19)17-7-13(14,15)16/h3-5,20H,6-7H2,1-2H3,(H,17,19). The van der Waals surface area contributed by atoms with Gasteiger partial charge >= 0.3 is 6.18 Å². The van der Waals surface area contributed by atoms with Gasteiger partial charge in [0, 0.05) is 5.56 Å². The average Bonchev–Trinajstić information content (AvgIpc) is 2.41. The minimum atomic E-state index is -4.47. The van der Waals surface area contributed by atoms with Crippen molar-refractivity contribution < 1.29 is 27.9 Å². The summed E-state index contributed by atoms with van der Waals surface area (Å²) < 4.78 is 41.0. The highest BCUT2D eigenvalue weighted by molar-refractivity contribution is 6.00. The van der Waals surface area contributed by atoms with Crippen molar-refractivity contribution in [1.29, 1.82) is 0 Å². The van der Waals surface area contributed by atoms with Crippen LogP contribution in [-0.2, 0) is 4.79 Å². The average molecular weight is 304 g/mol. The summed E-state index contributed by atoms with van der Waals surface area (Å²) in [6.45, 7) is 1.34. The number of aryl methyl sites for hydroxylation is 1. The first kappa shape index (κ1) is 16.8. The van der Waals surface area contributed by atoms with Gasteiger partial charge in [-0.25, -0.2) is 0 Å². The van der Waals surface area contributed by atoms with Crippen molar-refractivity contribution in [1.82, 2.24) is 5.32 Å². The van der Waals surface area contributed by atoms with Crippen molar-refractivity contribution in [3.63, 3.8) is 0 Å². The fraction of sp³-hybridized carbons (Fsp3) is 0.385. The number of rotatable bonds is 5. The number of halogens is 3. The molecule has 0 aliphatic rings. The maximum atomic E-state index is 11.9. The minimum absolute atomic E-state index is 0.257. The van der Waals surface area contributed by atoms with Crippen LogP contribution in [0.15, 0.2) is 23.4 Å². The Morgan fingerprint density at radius 3 is 2.67 bits per heavy atom. The van der Waals surface area contributed by atoms with Crippen LogP contribution in [0.25, 0.3) is 0 Å². The molecule has 0 aliphatic heterocycles. The zero-order chi connectivity index (χ0) is 16.0. The largest absolute Gasteiger partial charge is 0.483 e. The minimum Gasteiger partial charge on any atom is -0.483 e. The molecule has 0 spiro atoms. The Kier molecular flexibility index (Phi) is 5.57. The molecule has 8 heteroatoms. The Hall–Kier alpha value is -2.25. The molecule has 1 aromatic rings. The van der Waals surface area contributed by atoms with E-state index >= 15 is 0 Å². The number of amides is 1. The summed E-state index contributed by atoms with van der Waals surface area (Å²) in [5, 5.41) is 13.5. The number of carbonyl (C=O) groups is 1. The maximum absolute atomic E-state index is 11.9. The Bertz CT molecular complexity index is 542. The molecule has 0 bridgehead atoms. The van der Waals surface area contributed by atoms with Crippen LogP contribution in [0.2, 0.25) is 0 Å². The molecule has 0 heterocycles. The topological polar surface area (TPSA) is 70.9 Å². The third-order valence-electron chi connectivity index (χ3n) is 2.52. The van der Waals surface area contributed by atoms with E-state index in [4.69, 9.17) is 9.94 Å². The Balaban J connectivity index is 2.71. The van der Waals surface area contributed by atoms with E-state index in [9.17, 15) is 18.0 Å². The molecule has 1 amide bonds. The Labute approximate surface area is 119 Å². The predicted molar refractivity (Wildman–Crippen MR) is 69.7 cm³/mol. The number of hydrogen-bond donors (Lipinski definition) is 2. The van der Waals surface area contributed by atoms with Gasteiger partial charge in [-0.1, -0.05) is 11.2 Å². The Morgan fingerprint density at radius 2 is 2.10 bits per heavy atom. The van der Waals surface area contributed by atoms with Crippen LogP contribution in [0, 0.1) is 6.92 Å². The van der Waals surface area contributed by atoms with Crippen LogP contribution in [0.1, 0.15) is 18.1 Å². The summed E-state index contributed by atoms with van der Waals surface area (Å²) in [4.78, 5) is 11.3. The molecule has 0 aliphatic carbocycles. The molecule has 0 unspecified atom stereocenters. The molecular formula is C13H15F3N2O3. The van der Waals surface area contributed by atoms with Gasteiger partial charge in [0.05, 0.1) is 5.71 Å². The number of benzene rings is 1. The lowest BCUT2D eigenvalue weighted by molar-refractivity contribution is -0.139. The monoisotopic (exact) mass is 304 g/mol. The van der Waals surface area contributed by atoms with Crippen molar-refractivity contribution in [3.05, 3.63) is 29.3 Å². The van der Waals surface area contributed by atoms with E-state index in [-0.39, 0.29) is 11.5 Å². The number of nitrogens with zero attached hydrogens (tertiary/aromatic N) is 1. The molecule has 2 N–H and O–H groups in total. The highest BCUT2D eigenvalue weighted by atomic mass is 19.4. The second kappa shape index (κ2) is 6.96. The Morgan fingerprint density at radius 1 is 1.43 bits per heavy atom. The summed E-state index contributed by atoms with van der Waals surface area (Å²) in [5.41, 5.74) is 1.54. The van der Waals surface area contributed by atoms with Crippen molar-refractivity contribution in [3.8, 4) is 5.75 Å². The molecule has 0 saturated carbocycles. The quantitative estimate of drug-likeness (QED) is 0.498. The molecule has 21 heavy (non-hydrogen) atoms. The van der Waals surface area contributed by atoms with Crippen molar-refractivity contribution in [2.45, 2.75) is 20.0 Å². The van der Waals surface area contributed by atoms with Crippen LogP contribution >= 0.6 is 0 Å². The molecular weight excluding hydrogens is 289 g/mol. The van der Waals surface area contributed by atoms with E-state index in [1.54, 1.807) is 30.4 Å². The number of carbonyl (C=O) groups excluding carboxylic acids is 1. The van der Waals surface area contributed by atoms with E-state index in [2.05, 4.69) is 5.16 Å². The summed E-state index contributed by atoms with van der Waals surface area (Å²) in [7, 11) is 0. The van der Waals surface area contributed by atoms with E-state index in [0.29, 0.717) is 5.56 Å². The van der Waals surface area contributed by atoms with Gasteiger partial charge in [0.25, 0.3) is 5.91 Å². The maximum Gasteiger partial charge on any atom is 0.405 e. The highest BCUT2D eigenvalue weighted by Crippen LogP contribution is 2.21. The van der Waals surface area contributed by atoms with Crippen LogP contribution in [0.4, 0.5) is 13.2 Å². The lowest BCUT2D eigenvalue weighted by Crippen LogP contribution is -2.36. The number of oxime groups is 1. The number of nitrogens with one attached hydrogen (secondary N) is 1. The molecule has 0 saturated heterocycles. The van der Waals surface area contributed by atoms with Gasteiger partial charge in [-0.2, -0.15) is 13.2 Å². The fourth-order valence-corrected chi connectivity index (χ4v) is 1.49. The summed E-state index contributed by atoms with van der Waals surface area (Å²) in [5.74, 6) is -0.633. The number of alkyl halides is 3. The van der Waals surface area contributed by atoms with Crippen LogP contribution in [-0.4, -0.2) is 36.2 Å². The molecule has 0 atom stereocenters. The van der Waals surface area contributed by atoms with Gasteiger partial charge in [0.1, 0.15) is 12.3 Å². The molecule has 0 radical (unpaired) electrons. The van der Waals surface area contributed by atoms with Gasteiger partial charge in [-0.3, -0.25) is 4.79 Å². The predicted octanol–water partition coefficient (Wildman–Crippen LogP) is 2.25. The van der Waals surface area contributed by atoms with E-state index < -0.39 is 25.2 Å². The zero-order valence-electron chi connectivity index (χ0n) is 11.5. The zero-order valence-corrected chi connectivity index (χ0v) is 11.5. The van der Waals surface area contributed by atoms with E-state index in [1.807, 2.05) is 0 Å². The normalized spacial score (nSPS) is 12.1. The SMILES string of the molecule is CC(=NO)c1ccc(C)cc1OCC(=O)NCC(F)(F)F. The summed E-state index contributed by atoms with van der Waals surface area (Å²) in [6.07, 6.45) is -4.47. The lowest BCUT2D eigenvalue weighted by atomic mass is 10.1.